The highest BCUT2D eigenvalue weighted by Crippen LogP contribution is 2.18. The standard InChI is InChI=1S/C18H23NO2/c1-14-12-16(6-9-18(14)21-3)13-19-11-10-15-4-7-17(20-2)8-5-15/h4-9,12,19H,10-11,13H2,1-3H3. The van der Waals surface area contributed by atoms with Gasteiger partial charge in [0.05, 0.1) is 14.2 Å². The van der Waals surface area contributed by atoms with E-state index in [-0.39, 0.29) is 0 Å². The molecule has 0 saturated carbocycles. The minimum Gasteiger partial charge on any atom is -0.497 e. The van der Waals surface area contributed by atoms with Gasteiger partial charge in [0.2, 0.25) is 0 Å². The van der Waals surface area contributed by atoms with Crippen LogP contribution in [0.5, 0.6) is 11.5 Å². The number of ether oxygens (including phenoxy) is 2. The first-order chi connectivity index (χ1) is 10.2. The zero-order valence-corrected chi connectivity index (χ0v) is 13.0. The number of benzene rings is 2. The summed E-state index contributed by atoms with van der Waals surface area (Å²) in [5.74, 6) is 1.84. The Morgan fingerprint density at radius 2 is 1.62 bits per heavy atom. The molecule has 0 unspecified atom stereocenters. The minimum absolute atomic E-state index is 0.876. The molecule has 21 heavy (non-hydrogen) atoms. The van der Waals surface area contributed by atoms with Gasteiger partial charge >= 0.3 is 0 Å². The number of aryl methyl sites for hydroxylation is 1. The van der Waals surface area contributed by atoms with Crippen LogP contribution in [-0.2, 0) is 13.0 Å². The SMILES string of the molecule is COc1ccc(CCNCc2ccc(OC)c(C)c2)cc1. The smallest absolute Gasteiger partial charge is 0.121 e. The van der Waals surface area contributed by atoms with E-state index in [1.54, 1.807) is 14.2 Å². The van der Waals surface area contributed by atoms with Crippen molar-refractivity contribution in [2.75, 3.05) is 20.8 Å². The van der Waals surface area contributed by atoms with Crippen LogP contribution in [-0.4, -0.2) is 20.8 Å². The number of hydrogen-bond donors (Lipinski definition) is 1. The van der Waals surface area contributed by atoms with Crippen LogP contribution in [0.2, 0.25) is 0 Å². The molecule has 0 atom stereocenters. The average molecular weight is 285 g/mol. The molecule has 0 saturated heterocycles. The highest BCUT2D eigenvalue weighted by molar-refractivity contribution is 5.36. The van der Waals surface area contributed by atoms with Crippen LogP contribution in [0, 0.1) is 6.92 Å². The van der Waals surface area contributed by atoms with E-state index < -0.39 is 0 Å². The molecule has 0 aliphatic heterocycles. The maximum absolute atomic E-state index is 5.27. The quantitative estimate of drug-likeness (QED) is 0.791. The molecule has 0 fully saturated rings. The molecule has 3 heteroatoms. The molecule has 1 N–H and O–H groups in total. The lowest BCUT2D eigenvalue weighted by atomic mass is 10.1. The van der Waals surface area contributed by atoms with Gasteiger partial charge in [0.1, 0.15) is 11.5 Å². The van der Waals surface area contributed by atoms with E-state index in [4.69, 9.17) is 9.47 Å². The van der Waals surface area contributed by atoms with Crippen molar-refractivity contribution >= 4 is 0 Å². The highest BCUT2D eigenvalue weighted by atomic mass is 16.5. The van der Waals surface area contributed by atoms with Crippen LogP contribution in [0.1, 0.15) is 16.7 Å². The zero-order chi connectivity index (χ0) is 15.1. The number of hydrogen-bond acceptors (Lipinski definition) is 3. The van der Waals surface area contributed by atoms with E-state index in [2.05, 4.69) is 36.5 Å². The second-order valence-corrected chi connectivity index (χ2v) is 5.08. The van der Waals surface area contributed by atoms with Crippen molar-refractivity contribution in [3.8, 4) is 11.5 Å². The summed E-state index contributed by atoms with van der Waals surface area (Å²) in [7, 11) is 3.39. The van der Waals surface area contributed by atoms with Gasteiger partial charge < -0.3 is 14.8 Å². The van der Waals surface area contributed by atoms with E-state index in [0.717, 1.165) is 31.0 Å². The van der Waals surface area contributed by atoms with Gasteiger partial charge in [-0.25, -0.2) is 0 Å². The third-order valence-corrected chi connectivity index (χ3v) is 3.54. The lowest BCUT2D eigenvalue weighted by molar-refractivity contribution is 0.411. The number of nitrogens with one attached hydrogen (secondary N) is 1. The molecule has 0 amide bonds. The van der Waals surface area contributed by atoms with Crippen molar-refractivity contribution in [2.45, 2.75) is 19.9 Å². The lowest BCUT2D eigenvalue weighted by Crippen LogP contribution is -2.16. The van der Waals surface area contributed by atoms with Crippen molar-refractivity contribution in [1.82, 2.24) is 5.32 Å². The molecular formula is C18H23NO2. The second kappa shape index (κ2) is 7.70. The Bertz CT molecular complexity index is 564. The van der Waals surface area contributed by atoms with Crippen LogP contribution in [0.15, 0.2) is 42.5 Å². The Morgan fingerprint density at radius 1 is 0.905 bits per heavy atom. The van der Waals surface area contributed by atoms with E-state index in [9.17, 15) is 0 Å². The fourth-order valence-electron chi connectivity index (χ4n) is 2.31. The fourth-order valence-corrected chi connectivity index (χ4v) is 2.31. The first-order valence-electron chi connectivity index (χ1n) is 7.20. The summed E-state index contributed by atoms with van der Waals surface area (Å²) in [6.07, 6.45) is 1.01. The molecule has 0 aromatic heterocycles. The van der Waals surface area contributed by atoms with Crippen molar-refractivity contribution < 1.29 is 9.47 Å². The van der Waals surface area contributed by atoms with Crippen molar-refractivity contribution in [2.24, 2.45) is 0 Å². The van der Waals surface area contributed by atoms with Crippen LogP contribution in [0.4, 0.5) is 0 Å². The topological polar surface area (TPSA) is 30.5 Å². The predicted molar refractivity (Wildman–Crippen MR) is 86.1 cm³/mol. The second-order valence-electron chi connectivity index (χ2n) is 5.08. The largest absolute Gasteiger partial charge is 0.497 e. The minimum atomic E-state index is 0.876. The number of rotatable bonds is 7. The molecule has 0 aliphatic rings. The molecule has 3 nitrogen and oxygen atoms in total. The highest BCUT2D eigenvalue weighted by Gasteiger charge is 2.00. The Balaban J connectivity index is 1.77. The van der Waals surface area contributed by atoms with Gasteiger partial charge in [-0.05, 0) is 54.8 Å². The Morgan fingerprint density at radius 3 is 2.24 bits per heavy atom. The molecule has 2 aromatic rings. The summed E-state index contributed by atoms with van der Waals surface area (Å²) < 4.78 is 10.4. The first kappa shape index (κ1) is 15.4. The molecule has 0 heterocycles. The molecule has 0 bridgehead atoms. The van der Waals surface area contributed by atoms with E-state index in [1.807, 2.05) is 18.2 Å². The van der Waals surface area contributed by atoms with Gasteiger partial charge in [-0.2, -0.15) is 0 Å². The molecule has 2 rings (SSSR count). The third kappa shape index (κ3) is 4.50. The predicted octanol–water partition coefficient (Wildman–Crippen LogP) is 3.34. The summed E-state index contributed by atoms with van der Waals surface area (Å²) in [6.45, 7) is 3.90. The first-order valence-corrected chi connectivity index (χ1v) is 7.20. The number of methoxy groups -OCH3 is 2. The molecule has 2 aromatic carbocycles. The molecule has 0 aliphatic carbocycles. The monoisotopic (exact) mass is 285 g/mol. The van der Waals surface area contributed by atoms with Crippen LogP contribution in [0.25, 0.3) is 0 Å². The maximum Gasteiger partial charge on any atom is 0.121 e. The Labute approximate surface area is 126 Å². The van der Waals surface area contributed by atoms with Crippen molar-refractivity contribution in [3.05, 3.63) is 59.2 Å². The summed E-state index contributed by atoms with van der Waals surface area (Å²) in [5.41, 5.74) is 3.77. The molecule has 112 valence electrons. The van der Waals surface area contributed by atoms with Crippen LogP contribution in [0.3, 0.4) is 0 Å². The van der Waals surface area contributed by atoms with E-state index in [0.29, 0.717) is 0 Å². The Kier molecular flexibility index (Phi) is 5.64. The van der Waals surface area contributed by atoms with Gasteiger partial charge in [0, 0.05) is 6.54 Å². The maximum atomic E-state index is 5.27. The van der Waals surface area contributed by atoms with Crippen molar-refractivity contribution in [1.29, 1.82) is 0 Å². The van der Waals surface area contributed by atoms with Crippen LogP contribution < -0.4 is 14.8 Å². The normalized spacial score (nSPS) is 10.4. The molecular weight excluding hydrogens is 262 g/mol. The van der Waals surface area contributed by atoms with E-state index in [1.165, 1.54) is 16.7 Å². The molecule has 0 spiro atoms. The molecule has 0 radical (unpaired) electrons. The zero-order valence-electron chi connectivity index (χ0n) is 13.0. The average Bonchev–Trinajstić information content (AvgIpc) is 2.52. The summed E-state index contributed by atoms with van der Waals surface area (Å²) in [6, 6.07) is 14.5. The van der Waals surface area contributed by atoms with Gasteiger partial charge in [0.25, 0.3) is 0 Å². The van der Waals surface area contributed by atoms with Gasteiger partial charge in [-0.3, -0.25) is 0 Å². The van der Waals surface area contributed by atoms with Crippen molar-refractivity contribution in [3.63, 3.8) is 0 Å². The fraction of sp³-hybridized carbons (Fsp3) is 0.333. The van der Waals surface area contributed by atoms with E-state index >= 15 is 0 Å². The van der Waals surface area contributed by atoms with Gasteiger partial charge in [0.15, 0.2) is 0 Å². The summed E-state index contributed by atoms with van der Waals surface area (Å²) in [4.78, 5) is 0. The summed E-state index contributed by atoms with van der Waals surface area (Å²) >= 11 is 0. The summed E-state index contributed by atoms with van der Waals surface area (Å²) in [5, 5.41) is 3.47. The third-order valence-electron chi connectivity index (χ3n) is 3.54. The lowest BCUT2D eigenvalue weighted by Gasteiger charge is -2.09. The Hall–Kier alpha value is -2.00. The van der Waals surface area contributed by atoms with Gasteiger partial charge in [-0.1, -0.05) is 24.3 Å². The van der Waals surface area contributed by atoms with Crippen LogP contribution >= 0.6 is 0 Å². The van der Waals surface area contributed by atoms with Gasteiger partial charge in [-0.15, -0.1) is 0 Å².